The lowest BCUT2D eigenvalue weighted by molar-refractivity contribution is -0.140. The summed E-state index contributed by atoms with van der Waals surface area (Å²) in [7, 11) is 0. The minimum absolute atomic E-state index is 0.0422. The summed E-state index contributed by atoms with van der Waals surface area (Å²) in [5.41, 5.74) is -0.0311. The molecule has 1 amide bonds. The number of nitrogens with one attached hydrogen (secondary N) is 1. The molecule has 0 saturated heterocycles. The average molecular weight is 379 g/mol. The van der Waals surface area contributed by atoms with E-state index in [1.807, 2.05) is 24.3 Å². The fraction of sp³-hybridized carbons (Fsp3) is 0.231. The Morgan fingerprint density at radius 1 is 1.33 bits per heavy atom. The molecule has 2 rings (SSSR count). The minimum Gasteiger partial charge on any atom is -0.302 e. The molecule has 0 aliphatic heterocycles. The van der Waals surface area contributed by atoms with Gasteiger partial charge in [-0.25, -0.2) is 4.98 Å². The van der Waals surface area contributed by atoms with Crippen LogP contribution in [0.1, 0.15) is 17.7 Å². The molecular weight excluding hydrogens is 369 g/mol. The zero-order valence-electron chi connectivity index (χ0n) is 10.6. The molecule has 1 aromatic heterocycles. The molecule has 112 valence electrons. The summed E-state index contributed by atoms with van der Waals surface area (Å²) < 4.78 is 38.0. The van der Waals surface area contributed by atoms with E-state index in [0.29, 0.717) is 6.42 Å². The van der Waals surface area contributed by atoms with Crippen molar-refractivity contribution in [1.82, 2.24) is 4.98 Å². The first-order valence-corrected chi connectivity index (χ1v) is 7.59. The van der Waals surface area contributed by atoms with E-state index in [1.54, 1.807) is 0 Å². The monoisotopic (exact) mass is 378 g/mol. The summed E-state index contributed by atoms with van der Waals surface area (Å²) >= 11 is 4.13. The van der Waals surface area contributed by atoms with Gasteiger partial charge in [0, 0.05) is 16.3 Å². The van der Waals surface area contributed by atoms with Crippen LogP contribution in [0.15, 0.2) is 34.1 Å². The Labute approximate surface area is 131 Å². The number of aryl methyl sites for hydroxylation is 1. The summed E-state index contributed by atoms with van der Waals surface area (Å²) in [6, 6.07) is 7.46. The van der Waals surface area contributed by atoms with Crippen LogP contribution in [0.4, 0.5) is 18.3 Å². The molecule has 0 atom stereocenters. The summed E-state index contributed by atoms with van der Waals surface area (Å²) in [6.07, 6.45) is -3.83. The molecule has 8 heteroatoms. The van der Waals surface area contributed by atoms with E-state index in [0.717, 1.165) is 26.8 Å². The van der Waals surface area contributed by atoms with Gasteiger partial charge >= 0.3 is 6.18 Å². The lowest BCUT2D eigenvalue weighted by Crippen LogP contribution is -2.13. The molecule has 0 bridgehead atoms. The Morgan fingerprint density at radius 3 is 2.67 bits per heavy atom. The number of nitrogens with zero attached hydrogens (tertiary/aromatic N) is 1. The number of carbonyl (C=O) groups is 1. The van der Waals surface area contributed by atoms with Gasteiger partial charge in [-0.2, -0.15) is 13.2 Å². The Kier molecular flexibility index (Phi) is 5.00. The van der Waals surface area contributed by atoms with Crippen LogP contribution in [0.3, 0.4) is 0 Å². The smallest absolute Gasteiger partial charge is 0.302 e. The fourth-order valence-corrected chi connectivity index (χ4v) is 2.81. The third-order valence-electron chi connectivity index (χ3n) is 2.62. The van der Waals surface area contributed by atoms with Gasteiger partial charge in [-0.05, 0) is 18.1 Å². The third-order valence-corrected chi connectivity index (χ3v) is 4.15. The highest BCUT2D eigenvalue weighted by atomic mass is 79.9. The summed E-state index contributed by atoms with van der Waals surface area (Å²) in [5.74, 6) is -0.367. The maximum Gasteiger partial charge on any atom is 0.434 e. The van der Waals surface area contributed by atoms with Crippen LogP contribution in [-0.4, -0.2) is 10.9 Å². The fourth-order valence-electron chi connectivity index (χ4n) is 1.59. The third kappa shape index (κ3) is 4.53. The van der Waals surface area contributed by atoms with E-state index in [-0.39, 0.29) is 17.5 Å². The first-order valence-electron chi connectivity index (χ1n) is 5.92. The number of anilines is 1. The van der Waals surface area contributed by atoms with E-state index in [4.69, 9.17) is 0 Å². The maximum absolute atomic E-state index is 12.4. The molecule has 2 aromatic rings. The number of thiazole rings is 1. The van der Waals surface area contributed by atoms with Gasteiger partial charge in [-0.3, -0.25) is 4.79 Å². The molecule has 1 aromatic carbocycles. The normalized spacial score (nSPS) is 11.4. The van der Waals surface area contributed by atoms with Crippen LogP contribution in [0.25, 0.3) is 0 Å². The number of rotatable bonds is 4. The molecule has 0 spiro atoms. The van der Waals surface area contributed by atoms with Gasteiger partial charge in [0.15, 0.2) is 10.8 Å². The van der Waals surface area contributed by atoms with Crippen molar-refractivity contribution in [3.8, 4) is 0 Å². The molecule has 0 fully saturated rings. The average Bonchev–Trinajstić information content (AvgIpc) is 2.86. The zero-order chi connectivity index (χ0) is 15.5. The van der Waals surface area contributed by atoms with Crippen molar-refractivity contribution < 1.29 is 18.0 Å². The Balaban J connectivity index is 1.90. The molecular formula is C13H10BrF3N2OS. The highest BCUT2D eigenvalue weighted by Gasteiger charge is 2.33. The number of aromatic nitrogens is 1. The summed E-state index contributed by atoms with van der Waals surface area (Å²) in [5, 5.41) is 3.21. The number of hydrogen-bond acceptors (Lipinski definition) is 3. The predicted molar refractivity (Wildman–Crippen MR) is 78.2 cm³/mol. The SMILES string of the molecule is O=C(CCc1ccccc1Br)Nc1nc(C(F)(F)F)cs1. The maximum atomic E-state index is 12.4. The second kappa shape index (κ2) is 6.57. The number of amides is 1. The van der Waals surface area contributed by atoms with Crippen molar-refractivity contribution in [3.63, 3.8) is 0 Å². The molecule has 1 heterocycles. The molecule has 1 N–H and O–H groups in total. The first kappa shape index (κ1) is 16.0. The van der Waals surface area contributed by atoms with Crippen LogP contribution >= 0.6 is 27.3 Å². The minimum atomic E-state index is -4.49. The van der Waals surface area contributed by atoms with Gasteiger partial charge in [0.1, 0.15) is 0 Å². The van der Waals surface area contributed by atoms with Crippen molar-refractivity contribution in [2.75, 3.05) is 5.32 Å². The van der Waals surface area contributed by atoms with Crippen LogP contribution in [0, 0.1) is 0 Å². The lowest BCUT2D eigenvalue weighted by atomic mass is 10.1. The summed E-state index contributed by atoms with van der Waals surface area (Å²) in [4.78, 5) is 15.1. The molecule has 21 heavy (non-hydrogen) atoms. The van der Waals surface area contributed by atoms with Crippen LogP contribution in [-0.2, 0) is 17.4 Å². The van der Waals surface area contributed by atoms with Crippen molar-refractivity contribution >= 4 is 38.3 Å². The van der Waals surface area contributed by atoms with E-state index in [1.165, 1.54) is 0 Å². The molecule has 0 saturated carbocycles. The van der Waals surface area contributed by atoms with E-state index in [2.05, 4.69) is 26.2 Å². The van der Waals surface area contributed by atoms with Gasteiger partial charge in [-0.1, -0.05) is 34.1 Å². The van der Waals surface area contributed by atoms with Crippen LogP contribution < -0.4 is 5.32 Å². The highest BCUT2D eigenvalue weighted by molar-refractivity contribution is 9.10. The second-order valence-electron chi connectivity index (χ2n) is 4.18. The lowest BCUT2D eigenvalue weighted by Gasteiger charge is -2.04. The Bertz CT molecular complexity index is 642. The van der Waals surface area contributed by atoms with Gasteiger partial charge in [0.05, 0.1) is 0 Å². The number of benzene rings is 1. The van der Waals surface area contributed by atoms with Crippen molar-refractivity contribution in [2.45, 2.75) is 19.0 Å². The molecule has 0 aliphatic rings. The first-order chi connectivity index (χ1) is 9.86. The number of halogens is 4. The van der Waals surface area contributed by atoms with Gasteiger partial charge in [-0.15, -0.1) is 11.3 Å². The van der Waals surface area contributed by atoms with Gasteiger partial charge in [0.25, 0.3) is 0 Å². The van der Waals surface area contributed by atoms with Gasteiger partial charge < -0.3 is 5.32 Å². The highest BCUT2D eigenvalue weighted by Crippen LogP contribution is 2.31. The van der Waals surface area contributed by atoms with E-state index in [9.17, 15) is 18.0 Å². The van der Waals surface area contributed by atoms with E-state index >= 15 is 0 Å². The van der Waals surface area contributed by atoms with E-state index < -0.39 is 11.9 Å². The van der Waals surface area contributed by atoms with Crippen LogP contribution in [0.2, 0.25) is 0 Å². The molecule has 3 nitrogen and oxygen atoms in total. The van der Waals surface area contributed by atoms with Gasteiger partial charge in [0.2, 0.25) is 5.91 Å². The zero-order valence-corrected chi connectivity index (χ0v) is 13.0. The Hall–Kier alpha value is -1.41. The molecule has 0 unspecified atom stereocenters. The quantitative estimate of drug-likeness (QED) is 0.850. The topological polar surface area (TPSA) is 42.0 Å². The second-order valence-corrected chi connectivity index (χ2v) is 5.89. The van der Waals surface area contributed by atoms with Crippen molar-refractivity contribution in [3.05, 3.63) is 45.4 Å². The van der Waals surface area contributed by atoms with Crippen LogP contribution in [0.5, 0.6) is 0 Å². The number of carbonyl (C=O) groups excluding carboxylic acids is 1. The van der Waals surface area contributed by atoms with Crippen molar-refractivity contribution in [1.29, 1.82) is 0 Å². The standard InChI is InChI=1S/C13H10BrF3N2OS/c14-9-4-2-1-3-8(9)5-6-11(20)19-12-18-10(7-21-12)13(15,16)17/h1-4,7H,5-6H2,(H,18,19,20). The number of hydrogen-bond donors (Lipinski definition) is 1. The largest absolute Gasteiger partial charge is 0.434 e. The van der Waals surface area contributed by atoms with Crippen molar-refractivity contribution in [2.24, 2.45) is 0 Å². The molecule has 0 aliphatic carbocycles. The predicted octanol–water partition coefficient (Wildman–Crippen LogP) is 4.50. The Morgan fingerprint density at radius 2 is 2.05 bits per heavy atom. The summed E-state index contributed by atoms with van der Waals surface area (Å²) in [6.45, 7) is 0. The number of alkyl halides is 3. The molecule has 0 radical (unpaired) electrons.